The Labute approximate surface area is 140 Å². The maximum Gasteiger partial charge on any atom is 0.245 e. The second-order valence-corrected chi connectivity index (χ2v) is 6.48. The van der Waals surface area contributed by atoms with E-state index < -0.39 is 0 Å². The summed E-state index contributed by atoms with van der Waals surface area (Å²) in [5.41, 5.74) is 4.23. The zero-order valence-corrected chi connectivity index (χ0v) is 13.7. The van der Waals surface area contributed by atoms with Gasteiger partial charge in [0.15, 0.2) is 0 Å². The average molecular weight is 325 g/mol. The summed E-state index contributed by atoms with van der Waals surface area (Å²) < 4.78 is 5.92. The molecule has 3 aromatic rings. The van der Waals surface area contributed by atoms with Gasteiger partial charge in [-0.3, -0.25) is 4.98 Å². The molecule has 2 aromatic heterocycles. The first-order chi connectivity index (χ1) is 11.2. The number of hydrogen-bond donors (Lipinski definition) is 0. The van der Waals surface area contributed by atoms with E-state index >= 15 is 0 Å². The molecule has 1 aliphatic carbocycles. The molecule has 0 spiro atoms. The third kappa shape index (κ3) is 2.77. The minimum absolute atomic E-state index is 0.400. The quantitative estimate of drug-likeness (QED) is 0.668. The Balaban J connectivity index is 1.63. The molecule has 0 aliphatic heterocycles. The van der Waals surface area contributed by atoms with Gasteiger partial charge in [-0.2, -0.15) is 0 Å². The molecule has 116 valence electrons. The number of pyridine rings is 1. The maximum absolute atomic E-state index is 6.44. The van der Waals surface area contributed by atoms with Crippen LogP contribution in [0.25, 0.3) is 11.6 Å². The third-order valence-electron chi connectivity index (χ3n) is 4.42. The SMILES string of the molecule is Cc1ccc([C@@H]2CCc3oc(-c4ccccn4)nc3C2)c(Cl)c1. The summed E-state index contributed by atoms with van der Waals surface area (Å²) in [6.07, 6.45) is 4.55. The highest BCUT2D eigenvalue weighted by Gasteiger charge is 2.26. The van der Waals surface area contributed by atoms with Gasteiger partial charge in [0.1, 0.15) is 11.5 Å². The summed E-state index contributed by atoms with van der Waals surface area (Å²) in [7, 11) is 0. The Kier molecular flexibility index (Phi) is 3.66. The number of hydrogen-bond acceptors (Lipinski definition) is 3. The monoisotopic (exact) mass is 324 g/mol. The molecule has 1 atom stereocenters. The van der Waals surface area contributed by atoms with E-state index in [1.165, 1.54) is 11.1 Å². The van der Waals surface area contributed by atoms with Crippen LogP contribution in [0.3, 0.4) is 0 Å². The minimum atomic E-state index is 0.400. The van der Waals surface area contributed by atoms with E-state index in [-0.39, 0.29) is 0 Å². The van der Waals surface area contributed by atoms with Gasteiger partial charge in [-0.25, -0.2) is 4.98 Å². The van der Waals surface area contributed by atoms with Crippen LogP contribution in [-0.4, -0.2) is 9.97 Å². The van der Waals surface area contributed by atoms with Crippen molar-refractivity contribution >= 4 is 11.6 Å². The molecule has 0 amide bonds. The van der Waals surface area contributed by atoms with Gasteiger partial charge in [0, 0.05) is 24.1 Å². The number of aryl methyl sites for hydroxylation is 2. The Bertz CT molecular complexity index is 842. The molecule has 0 bridgehead atoms. The molecule has 1 aliphatic rings. The predicted molar refractivity (Wildman–Crippen MR) is 90.7 cm³/mol. The van der Waals surface area contributed by atoms with Gasteiger partial charge in [-0.05, 0) is 48.6 Å². The standard InChI is InChI=1S/C19H17ClN2O/c1-12-5-7-14(15(20)10-12)13-6-8-18-17(11-13)22-19(23-18)16-4-2-3-9-21-16/h2-5,7,9-10,13H,6,8,11H2,1H3/t13-/m1/s1. The molecule has 3 nitrogen and oxygen atoms in total. The normalized spacial score (nSPS) is 17.0. The number of benzene rings is 1. The molecule has 0 N–H and O–H groups in total. The highest BCUT2D eigenvalue weighted by atomic mass is 35.5. The molecule has 0 radical (unpaired) electrons. The largest absolute Gasteiger partial charge is 0.440 e. The lowest BCUT2D eigenvalue weighted by Crippen LogP contribution is -2.12. The van der Waals surface area contributed by atoms with E-state index in [1.54, 1.807) is 6.20 Å². The molecule has 0 saturated carbocycles. The molecular weight excluding hydrogens is 308 g/mol. The second kappa shape index (κ2) is 5.82. The van der Waals surface area contributed by atoms with Crippen LogP contribution < -0.4 is 0 Å². The molecule has 2 heterocycles. The fourth-order valence-corrected chi connectivity index (χ4v) is 3.60. The molecule has 0 fully saturated rings. The number of nitrogens with zero attached hydrogens (tertiary/aromatic N) is 2. The van der Waals surface area contributed by atoms with Crippen molar-refractivity contribution in [1.82, 2.24) is 9.97 Å². The molecular formula is C19H17ClN2O. The van der Waals surface area contributed by atoms with Crippen LogP contribution in [0.1, 0.15) is 34.9 Å². The summed E-state index contributed by atoms with van der Waals surface area (Å²) in [5, 5.41) is 0.854. The molecule has 23 heavy (non-hydrogen) atoms. The predicted octanol–water partition coefficient (Wildman–Crippen LogP) is 4.97. The van der Waals surface area contributed by atoms with Gasteiger partial charge in [-0.15, -0.1) is 0 Å². The van der Waals surface area contributed by atoms with Gasteiger partial charge < -0.3 is 4.42 Å². The lowest BCUT2D eigenvalue weighted by atomic mass is 9.84. The molecule has 0 saturated heterocycles. The van der Waals surface area contributed by atoms with Crippen LogP contribution >= 0.6 is 11.6 Å². The first-order valence-corrected chi connectivity index (χ1v) is 8.24. The van der Waals surface area contributed by atoms with Crippen molar-refractivity contribution in [3.05, 3.63) is 70.2 Å². The van der Waals surface area contributed by atoms with Crippen LogP contribution in [0.5, 0.6) is 0 Å². The molecule has 4 heteroatoms. The number of fused-ring (bicyclic) bond motifs is 1. The van der Waals surface area contributed by atoms with Crippen molar-refractivity contribution in [2.45, 2.75) is 32.1 Å². The zero-order valence-electron chi connectivity index (χ0n) is 12.9. The minimum Gasteiger partial charge on any atom is -0.440 e. The van der Waals surface area contributed by atoms with Gasteiger partial charge in [0.2, 0.25) is 5.89 Å². The van der Waals surface area contributed by atoms with Crippen LogP contribution in [0, 0.1) is 6.92 Å². The number of oxazole rings is 1. The van der Waals surface area contributed by atoms with Gasteiger partial charge in [-0.1, -0.05) is 29.8 Å². The van der Waals surface area contributed by atoms with E-state index in [0.29, 0.717) is 11.8 Å². The fourth-order valence-electron chi connectivity index (χ4n) is 3.21. The van der Waals surface area contributed by atoms with Crippen LogP contribution in [0.4, 0.5) is 0 Å². The van der Waals surface area contributed by atoms with Crippen molar-refractivity contribution < 1.29 is 4.42 Å². The average Bonchev–Trinajstić information content (AvgIpc) is 2.99. The Morgan fingerprint density at radius 2 is 2.13 bits per heavy atom. The molecule has 1 aromatic carbocycles. The van der Waals surface area contributed by atoms with E-state index in [1.807, 2.05) is 24.3 Å². The van der Waals surface area contributed by atoms with Crippen molar-refractivity contribution in [1.29, 1.82) is 0 Å². The van der Waals surface area contributed by atoms with Crippen LogP contribution in [0.2, 0.25) is 5.02 Å². The Hall–Kier alpha value is -2.13. The summed E-state index contributed by atoms with van der Waals surface area (Å²) >= 11 is 6.44. The topological polar surface area (TPSA) is 38.9 Å². The summed E-state index contributed by atoms with van der Waals surface area (Å²) in [4.78, 5) is 8.99. The number of aromatic nitrogens is 2. The van der Waals surface area contributed by atoms with E-state index in [0.717, 1.165) is 41.4 Å². The second-order valence-electron chi connectivity index (χ2n) is 6.07. The van der Waals surface area contributed by atoms with Gasteiger partial charge in [0.25, 0.3) is 0 Å². The van der Waals surface area contributed by atoms with E-state index in [9.17, 15) is 0 Å². The summed E-state index contributed by atoms with van der Waals surface area (Å²) in [6, 6.07) is 12.1. The third-order valence-corrected chi connectivity index (χ3v) is 4.74. The van der Waals surface area contributed by atoms with Crippen molar-refractivity contribution in [3.8, 4) is 11.6 Å². The Morgan fingerprint density at radius 1 is 1.22 bits per heavy atom. The van der Waals surface area contributed by atoms with Crippen LogP contribution in [-0.2, 0) is 12.8 Å². The van der Waals surface area contributed by atoms with Crippen molar-refractivity contribution in [2.75, 3.05) is 0 Å². The highest BCUT2D eigenvalue weighted by Crippen LogP contribution is 2.37. The lowest BCUT2D eigenvalue weighted by molar-refractivity contribution is 0.464. The smallest absolute Gasteiger partial charge is 0.245 e. The Morgan fingerprint density at radius 3 is 2.91 bits per heavy atom. The molecule has 4 rings (SSSR count). The van der Waals surface area contributed by atoms with Crippen LogP contribution in [0.15, 0.2) is 47.0 Å². The van der Waals surface area contributed by atoms with Crippen molar-refractivity contribution in [2.24, 2.45) is 0 Å². The summed E-state index contributed by atoms with van der Waals surface area (Å²) in [6.45, 7) is 2.06. The molecule has 0 unspecified atom stereocenters. The van der Waals surface area contributed by atoms with E-state index in [2.05, 4.69) is 29.0 Å². The fraction of sp³-hybridized carbons (Fsp3) is 0.263. The number of halogens is 1. The van der Waals surface area contributed by atoms with Crippen molar-refractivity contribution in [3.63, 3.8) is 0 Å². The highest BCUT2D eigenvalue weighted by molar-refractivity contribution is 6.31. The van der Waals surface area contributed by atoms with E-state index in [4.69, 9.17) is 16.0 Å². The lowest BCUT2D eigenvalue weighted by Gasteiger charge is -2.21. The zero-order chi connectivity index (χ0) is 15.8. The summed E-state index contributed by atoms with van der Waals surface area (Å²) in [5.74, 6) is 2.01. The maximum atomic E-state index is 6.44. The first-order valence-electron chi connectivity index (χ1n) is 7.87. The van der Waals surface area contributed by atoms with Gasteiger partial charge >= 0.3 is 0 Å². The first kappa shape index (κ1) is 14.5. The number of rotatable bonds is 2. The van der Waals surface area contributed by atoms with Gasteiger partial charge in [0.05, 0.1) is 5.69 Å².